The second kappa shape index (κ2) is 10.3. The molecule has 0 radical (unpaired) electrons. The zero-order chi connectivity index (χ0) is 26.1. The van der Waals surface area contributed by atoms with Gasteiger partial charge in [-0.2, -0.15) is 0 Å². The van der Waals surface area contributed by atoms with E-state index in [9.17, 15) is 14.7 Å². The standard InChI is InChI=1S/C32H33NO4/c1-19-17-26(21(3)33-28-12-8-7-11-25(28)32(35)36)31-27(18-19)29(34)20(2)30(37-31)24-15-13-23(14-16-24)22-9-5-4-6-10-22/h4-12,17-18,21,23-24,33H,13-16H2,1-3H3,(H,35,36). The summed E-state index contributed by atoms with van der Waals surface area (Å²) < 4.78 is 6.62. The molecule has 1 atom stereocenters. The summed E-state index contributed by atoms with van der Waals surface area (Å²) in [6, 6.07) is 21.2. The molecule has 0 spiro atoms. The van der Waals surface area contributed by atoms with Gasteiger partial charge in [-0.3, -0.25) is 4.79 Å². The first-order valence-electron chi connectivity index (χ1n) is 13.0. The first-order chi connectivity index (χ1) is 17.8. The fourth-order valence-electron chi connectivity index (χ4n) is 5.82. The Bertz CT molecular complexity index is 1500. The van der Waals surface area contributed by atoms with Gasteiger partial charge >= 0.3 is 5.97 Å². The number of rotatable bonds is 6. The van der Waals surface area contributed by atoms with Crippen molar-refractivity contribution in [2.24, 2.45) is 0 Å². The number of hydrogen-bond donors (Lipinski definition) is 2. The number of benzene rings is 3. The molecule has 4 aromatic rings. The molecule has 0 saturated heterocycles. The Morgan fingerprint density at radius 2 is 1.59 bits per heavy atom. The van der Waals surface area contributed by atoms with Crippen molar-refractivity contribution in [3.63, 3.8) is 0 Å². The zero-order valence-electron chi connectivity index (χ0n) is 21.6. The number of para-hydroxylation sites is 1. The summed E-state index contributed by atoms with van der Waals surface area (Å²) >= 11 is 0. The molecule has 5 nitrogen and oxygen atoms in total. The van der Waals surface area contributed by atoms with E-state index in [0.29, 0.717) is 28.1 Å². The van der Waals surface area contributed by atoms with Gasteiger partial charge in [0.15, 0.2) is 5.43 Å². The number of carboxylic acids is 1. The summed E-state index contributed by atoms with van der Waals surface area (Å²) in [6.45, 7) is 5.82. The highest BCUT2D eigenvalue weighted by Crippen LogP contribution is 2.42. The lowest BCUT2D eigenvalue weighted by Gasteiger charge is -2.29. The Kier molecular flexibility index (Phi) is 6.88. The molecule has 1 aromatic heterocycles. The lowest BCUT2D eigenvalue weighted by atomic mass is 9.77. The molecule has 1 fully saturated rings. The molecular weight excluding hydrogens is 462 g/mol. The third kappa shape index (κ3) is 4.91. The highest BCUT2D eigenvalue weighted by atomic mass is 16.4. The average molecular weight is 496 g/mol. The Balaban J connectivity index is 1.50. The van der Waals surface area contributed by atoms with Gasteiger partial charge in [-0.1, -0.05) is 48.5 Å². The van der Waals surface area contributed by atoms with E-state index < -0.39 is 5.97 Å². The van der Waals surface area contributed by atoms with Gasteiger partial charge in [0.1, 0.15) is 11.3 Å². The second-order valence-electron chi connectivity index (χ2n) is 10.3. The molecule has 190 valence electrons. The molecule has 1 unspecified atom stereocenters. The highest BCUT2D eigenvalue weighted by Gasteiger charge is 2.28. The van der Waals surface area contributed by atoms with Crippen LogP contribution in [0.4, 0.5) is 5.69 Å². The molecule has 1 heterocycles. The van der Waals surface area contributed by atoms with E-state index in [0.717, 1.165) is 42.6 Å². The molecule has 1 saturated carbocycles. The number of carboxylic acid groups (broad SMARTS) is 1. The smallest absolute Gasteiger partial charge is 0.337 e. The Labute approximate surface area is 217 Å². The van der Waals surface area contributed by atoms with Crippen molar-refractivity contribution in [2.45, 2.75) is 64.3 Å². The highest BCUT2D eigenvalue weighted by molar-refractivity contribution is 5.94. The molecular formula is C32H33NO4. The van der Waals surface area contributed by atoms with E-state index in [1.54, 1.807) is 18.2 Å². The molecule has 37 heavy (non-hydrogen) atoms. The number of fused-ring (bicyclic) bond motifs is 1. The lowest BCUT2D eigenvalue weighted by Crippen LogP contribution is -2.18. The van der Waals surface area contributed by atoms with E-state index in [2.05, 4.69) is 35.6 Å². The minimum atomic E-state index is -0.986. The van der Waals surface area contributed by atoms with Crippen molar-refractivity contribution in [2.75, 3.05) is 5.32 Å². The molecule has 2 N–H and O–H groups in total. The van der Waals surface area contributed by atoms with Crippen LogP contribution in [0.2, 0.25) is 0 Å². The van der Waals surface area contributed by atoms with Gasteiger partial charge in [0.05, 0.1) is 17.0 Å². The zero-order valence-corrected chi connectivity index (χ0v) is 21.6. The first kappa shape index (κ1) is 24.8. The SMILES string of the molecule is Cc1cc(C(C)Nc2ccccc2C(=O)O)c2oc(C3CCC(c4ccccc4)CC3)c(C)c(=O)c2c1. The molecule has 3 aromatic carbocycles. The maximum absolute atomic E-state index is 13.5. The average Bonchev–Trinajstić information content (AvgIpc) is 2.91. The van der Waals surface area contributed by atoms with Crippen LogP contribution in [0.5, 0.6) is 0 Å². The topological polar surface area (TPSA) is 79.5 Å². The number of hydrogen-bond acceptors (Lipinski definition) is 4. The lowest BCUT2D eigenvalue weighted by molar-refractivity contribution is 0.0698. The fraction of sp³-hybridized carbons (Fsp3) is 0.312. The van der Waals surface area contributed by atoms with Gasteiger partial charge in [-0.15, -0.1) is 0 Å². The molecule has 1 aliphatic rings. The number of aryl methyl sites for hydroxylation is 1. The van der Waals surface area contributed by atoms with Crippen LogP contribution in [0.25, 0.3) is 11.0 Å². The van der Waals surface area contributed by atoms with Crippen LogP contribution in [0.15, 0.2) is 75.9 Å². The number of aromatic carboxylic acids is 1. The predicted octanol–water partition coefficient (Wildman–Crippen LogP) is 7.72. The normalized spacial score (nSPS) is 18.5. The van der Waals surface area contributed by atoms with Gasteiger partial charge in [0, 0.05) is 22.7 Å². The number of carbonyl (C=O) groups is 1. The predicted molar refractivity (Wildman–Crippen MR) is 148 cm³/mol. The summed E-state index contributed by atoms with van der Waals surface area (Å²) in [5.41, 5.74) is 5.25. The van der Waals surface area contributed by atoms with Crippen molar-refractivity contribution < 1.29 is 14.3 Å². The van der Waals surface area contributed by atoms with E-state index in [1.165, 1.54) is 5.56 Å². The van der Waals surface area contributed by atoms with Crippen LogP contribution >= 0.6 is 0 Å². The largest absolute Gasteiger partial charge is 0.478 e. The van der Waals surface area contributed by atoms with E-state index >= 15 is 0 Å². The number of anilines is 1. The van der Waals surface area contributed by atoms with Crippen molar-refractivity contribution in [1.82, 2.24) is 0 Å². The van der Waals surface area contributed by atoms with Crippen molar-refractivity contribution in [3.05, 3.63) is 111 Å². The fourth-order valence-corrected chi connectivity index (χ4v) is 5.82. The van der Waals surface area contributed by atoms with Gasteiger partial charge in [0.2, 0.25) is 0 Å². The third-order valence-corrected chi connectivity index (χ3v) is 7.79. The maximum atomic E-state index is 13.5. The van der Waals surface area contributed by atoms with E-state index in [1.807, 2.05) is 39.0 Å². The third-order valence-electron chi connectivity index (χ3n) is 7.79. The van der Waals surface area contributed by atoms with Crippen molar-refractivity contribution in [1.29, 1.82) is 0 Å². The van der Waals surface area contributed by atoms with Gasteiger partial charge in [-0.05, 0) is 81.7 Å². The second-order valence-corrected chi connectivity index (χ2v) is 10.3. The van der Waals surface area contributed by atoms with E-state index in [4.69, 9.17) is 4.42 Å². The first-order valence-corrected chi connectivity index (χ1v) is 13.0. The van der Waals surface area contributed by atoms with Crippen molar-refractivity contribution >= 4 is 22.6 Å². The molecule has 5 heteroatoms. The Morgan fingerprint density at radius 1 is 0.946 bits per heavy atom. The maximum Gasteiger partial charge on any atom is 0.337 e. The van der Waals surface area contributed by atoms with Crippen LogP contribution in [0.1, 0.15) is 88.9 Å². The summed E-state index contributed by atoms with van der Waals surface area (Å²) in [5.74, 6) is 0.566. The molecule has 0 aliphatic heterocycles. The minimum absolute atomic E-state index is 0.0181. The van der Waals surface area contributed by atoms with Gasteiger partial charge in [-0.25, -0.2) is 4.79 Å². The van der Waals surface area contributed by atoms with Gasteiger partial charge in [0.25, 0.3) is 0 Å². The molecule has 0 amide bonds. The van der Waals surface area contributed by atoms with Crippen LogP contribution in [0.3, 0.4) is 0 Å². The summed E-state index contributed by atoms with van der Waals surface area (Å²) in [4.78, 5) is 25.3. The molecule has 0 bridgehead atoms. The van der Waals surface area contributed by atoms with Gasteiger partial charge < -0.3 is 14.8 Å². The Morgan fingerprint density at radius 3 is 2.30 bits per heavy atom. The summed E-state index contributed by atoms with van der Waals surface area (Å²) in [6.07, 6.45) is 4.10. The van der Waals surface area contributed by atoms with Crippen LogP contribution in [-0.4, -0.2) is 11.1 Å². The monoisotopic (exact) mass is 495 g/mol. The summed E-state index contributed by atoms with van der Waals surface area (Å²) in [5, 5.41) is 13.5. The minimum Gasteiger partial charge on any atom is -0.478 e. The van der Waals surface area contributed by atoms with Crippen molar-refractivity contribution in [3.8, 4) is 0 Å². The van der Waals surface area contributed by atoms with Crippen LogP contribution < -0.4 is 10.7 Å². The molecule has 1 aliphatic carbocycles. The Hall–Kier alpha value is -3.86. The van der Waals surface area contributed by atoms with Crippen LogP contribution in [-0.2, 0) is 0 Å². The number of nitrogens with one attached hydrogen (secondary N) is 1. The molecule has 5 rings (SSSR count). The quantitative estimate of drug-likeness (QED) is 0.286. The van der Waals surface area contributed by atoms with E-state index in [-0.39, 0.29) is 23.0 Å². The summed E-state index contributed by atoms with van der Waals surface area (Å²) in [7, 11) is 0. The van der Waals surface area contributed by atoms with Crippen LogP contribution in [0, 0.1) is 13.8 Å².